The van der Waals surface area contributed by atoms with Crippen LogP contribution in [0.3, 0.4) is 0 Å². The molecule has 164 valence electrons. The molecule has 0 atom stereocenters. The van der Waals surface area contributed by atoms with E-state index in [0.717, 1.165) is 17.0 Å². The van der Waals surface area contributed by atoms with E-state index in [9.17, 15) is 9.59 Å². The first kappa shape index (κ1) is 22.2. The van der Waals surface area contributed by atoms with Crippen LogP contribution in [-0.2, 0) is 17.4 Å². The predicted molar refractivity (Wildman–Crippen MR) is 118 cm³/mol. The lowest BCUT2D eigenvalue weighted by molar-refractivity contribution is 0.0945. The van der Waals surface area contributed by atoms with E-state index in [1.165, 1.54) is 0 Å². The second-order valence-electron chi connectivity index (χ2n) is 9.52. The molecule has 3 rings (SSSR count). The Bertz CT molecular complexity index is 1080. The van der Waals surface area contributed by atoms with E-state index in [-0.39, 0.29) is 29.2 Å². The van der Waals surface area contributed by atoms with Crippen LogP contribution in [0.25, 0.3) is 0 Å². The standard InChI is InChI=1S/C22H29N7O2/c1-21(2,3)16-10-14(26-28-16)19(30)24-12-13-7-8-23-18(9-13)25-20(31)15-11-17(29-27-15)22(4,5)6/h7-11H,12H2,1-6H3,(H,24,30)(H,26,28)(H,27,29)(H,23,25,31). The Morgan fingerprint density at radius 2 is 1.42 bits per heavy atom. The van der Waals surface area contributed by atoms with Gasteiger partial charge < -0.3 is 10.6 Å². The van der Waals surface area contributed by atoms with E-state index in [1.54, 1.807) is 30.5 Å². The predicted octanol–water partition coefficient (Wildman–Crippen LogP) is 3.31. The largest absolute Gasteiger partial charge is 0.347 e. The van der Waals surface area contributed by atoms with Crippen molar-refractivity contribution >= 4 is 17.6 Å². The van der Waals surface area contributed by atoms with Gasteiger partial charge in [-0.15, -0.1) is 0 Å². The number of nitrogens with one attached hydrogen (secondary N) is 4. The average molecular weight is 424 g/mol. The van der Waals surface area contributed by atoms with Crippen molar-refractivity contribution < 1.29 is 9.59 Å². The molecule has 0 saturated carbocycles. The molecule has 31 heavy (non-hydrogen) atoms. The second-order valence-corrected chi connectivity index (χ2v) is 9.52. The van der Waals surface area contributed by atoms with E-state index in [2.05, 4.69) is 36.0 Å². The molecule has 9 nitrogen and oxygen atoms in total. The van der Waals surface area contributed by atoms with Crippen molar-refractivity contribution in [2.75, 3.05) is 5.32 Å². The van der Waals surface area contributed by atoms with Crippen molar-refractivity contribution in [3.05, 3.63) is 58.8 Å². The normalized spacial score (nSPS) is 11.9. The quantitative estimate of drug-likeness (QED) is 0.500. The average Bonchev–Trinajstić information content (AvgIpc) is 3.35. The van der Waals surface area contributed by atoms with Gasteiger partial charge >= 0.3 is 0 Å². The van der Waals surface area contributed by atoms with Crippen molar-refractivity contribution in [1.82, 2.24) is 30.7 Å². The van der Waals surface area contributed by atoms with E-state index in [4.69, 9.17) is 0 Å². The van der Waals surface area contributed by atoms with Crippen LogP contribution in [0.5, 0.6) is 0 Å². The van der Waals surface area contributed by atoms with Crippen molar-refractivity contribution in [3.63, 3.8) is 0 Å². The first-order chi connectivity index (χ1) is 14.4. The molecule has 0 aliphatic heterocycles. The Labute approximate surface area is 181 Å². The number of pyridine rings is 1. The smallest absolute Gasteiger partial charge is 0.277 e. The zero-order chi connectivity index (χ0) is 22.8. The molecule has 0 aliphatic carbocycles. The third-order valence-electron chi connectivity index (χ3n) is 4.76. The summed E-state index contributed by atoms with van der Waals surface area (Å²) in [5, 5.41) is 19.5. The Morgan fingerprint density at radius 1 is 0.871 bits per heavy atom. The number of hydrogen-bond acceptors (Lipinski definition) is 5. The van der Waals surface area contributed by atoms with E-state index in [1.807, 2.05) is 41.5 Å². The molecule has 3 aromatic heterocycles. The number of hydrogen-bond donors (Lipinski definition) is 4. The summed E-state index contributed by atoms with van der Waals surface area (Å²) in [5.41, 5.74) is 2.92. The molecule has 0 spiro atoms. The molecule has 0 aromatic carbocycles. The van der Waals surface area contributed by atoms with Gasteiger partial charge in [0.05, 0.1) is 0 Å². The summed E-state index contributed by atoms with van der Waals surface area (Å²) < 4.78 is 0. The highest BCUT2D eigenvalue weighted by Crippen LogP contribution is 2.21. The molecule has 0 unspecified atom stereocenters. The molecule has 4 N–H and O–H groups in total. The van der Waals surface area contributed by atoms with Gasteiger partial charge in [-0.05, 0) is 29.8 Å². The van der Waals surface area contributed by atoms with Gasteiger partial charge in [0.25, 0.3) is 11.8 Å². The number of carbonyl (C=O) groups excluding carboxylic acids is 2. The van der Waals surface area contributed by atoms with Gasteiger partial charge in [0, 0.05) is 35.0 Å². The van der Waals surface area contributed by atoms with Crippen LogP contribution in [0.4, 0.5) is 5.82 Å². The first-order valence-corrected chi connectivity index (χ1v) is 10.1. The van der Waals surface area contributed by atoms with Gasteiger partial charge in [0.15, 0.2) is 5.69 Å². The molecule has 3 aromatic rings. The van der Waals surface area contributed by atoms with E-state index in [0.29, 0.717) is 17.2 Å². The molecule has 0 saturated heterocycles. The van der Waals surface area contributed by atoms with Crippen LogP contribution in [0.1, 0.15) is 79.5 Å². The van der Waals surface area contributed by atoms with Gasteiger partial charge in [0.1, 0.15) is 11.5 Å². The van der Waals surface area contributed by atoms with Crippen LogP contribution in [-0.4, -0.2) is 37.2 Å². The highest BCUT2D eigenvalue weighted by atomic mass is 16.2. The minimum absolute atomic E-state index is 0.119. The number of aromatic nitrogens is 5. The third-order valence-corrected chi connectivity index (χ3v) is 4.76. The third kappa shape index (κ3) is 5.56. The number of carbonyl (C=O) groups is 2. The number of nitrogens with zero attached hydrogens (tertiary/aromatic N) is 3. The summed E-state index contributed by atoms with van der Waals surface area (Å²) >= 11 is 0. The number of rotatable bonds is 5. The minimum atomic E-state index is -0.355. The molecule has 0 radical (unpaired) electrons. The lowest BCUT2D eigenvalue weighted by atomic mass is 9.92. The Balaban J connectivity index is 1.61. The zero-order valence-corrected chi connectivity index (χ0v) is 18.8. The maximum atomic E-state index is 12.5. The second kappa shape index (κ2) is 8.33. The fraction of sp³-hybridized carbons (Fsp3) is 0.409. The summed E-state index contributed by atoms with van der Waals surface area (Å²) in [4.78, 5) is 29.1. The highest BCUT2D eigenvalue weighted by molar-refractivity contribution is 6.02. The number of anilines is 1. The molecule has 0 aliphatic rings. The van der Waals surface area contributed by atoms with Gasteiger partial charge in [-0.1, -0.05) is 41.5 Å². The summed E-state index contributed by atoms with van der Waals surface area (Å²) in [5.74, 6) is -0.251. The molecule has 0 bridgehead atoms. The maximum Gasteiger partial charge on any atom is 0.277 e. The van der Waals surface area contributed by atoms with E-state index >= 15 is 0 Å². The van der Waals surface area contributed by atoms with Crippen molar-refractivity contribution in [3.8, 4) is 0 Å². The Kier molecular flexibility index (Phi) is 5.97. The summed E-state index contributed by atoms with van der Waals surface area (Å²) in [7, 11) is 0. The lowest BCUT2D eigenvalue weighted by Gasteiger charge is -2.14. The van der Waals surface area contributed by atoms with Crippen molar-refractivity contribution in [2.24, 2.45) is 0 Å². The first-order valence-electron chi connectivity index (χ1n) is 10.1. The van der Waals surface area contributed by atoms with Gasteiger partial charge in [0.2, 0.25) is 0 Å². The molecule has 3 heterocycles. The maximum absolute atomic E-state index is 12.5. The van der Waals surface area contributed by atoms with Crippen molar-refractivity contribution in [2.45, 2.75) is 58.9 Å². The summed E-state index contributed by atoms with van der Waals surface area (Å²) in [6.07, 6.45) is 1.58. The van der Waals surface area contributed by atoms with Crippen LogP contribution in [0, 0.1) is 0 Å². The van der Waals surface area contributed by atoms with Crippen LogP contribution >= 0.6 is 0 Å². The van der Waals surface area contributed by atoms with Gasteiger partial charge in [-0.25, -0.2) is 4.98 Å². The lowest BCUT2D eigenvalue weighted by Crippen LogP contribution is -2.23. The fourth-order valence-electron chi connectivity index (χ4n) is 2.75. The highest BCUT2D eigenvalue weighted by Gasteiger charge is 2.20. The van der Waals surface area contributed by atoms with Crippen LogP contribution in [0.2, 0.25) is 0 Å². The molecule has 9 heteroatoms. The minimum Gasteiger partial charge on any atom is -0.347 e. The van der Waals surface area contributed by atoms with Crippen LogP contribution < -0.4 is 10.6 Å². The van der Waals surface area contributed by atoms with Crippen LogP contribution in [0.15, 0.2) is 30.5 Å². The number of aromatic amines is 2. The summed E-state index contributed by atoms with van der Waals surface area (Å²) in [6, 6.07) is 6.96. The molecule has 2 amide bonds. The number of amides is 2. The van der Waals surface area contributed by atoms with E-state index < -0.39 is 0 Å². The SMILES string of the molecule is CC(C)(C)c1cc(C(=O)NCc2ccnc(NC(=O)c3cc(C(C)(C)C)[nH]n3)c2)n[nH]1. The fourth-order valence-corrected chi connectivity index (χ4v) is 2.75. The monoisotopic (exact) mass is 423 g/mol. The van der Waals surface area contributed by atoms with Gasteiger partial charge in [-0.2, -0.15) is 10.2 Å². The zero-order valence-electron chi connectivity index (χ0n) is 18.8. The molecular formula is C22H29N7O2. The number of H-pyrrole nitrogens is 2. The Morgan fingerprint density at radius 3 is 1.94 bits per heavy atom. The van der Waals surface area contributed by atoms with Crippen molar-refractivity contribution in [1.29, 1.82) is 0 Å². The summed E-state index contributed by atoms with van der Waals surface area (Å²) in [6.45, 7) is 12.5. The Hall–Kier alpha value is -3.49. The topological polar surface area (TPSA) is 128 Å². The van der Waals surface area contributed by atoms with Gasteiger partial charge in [-0.3, -0.25) is 19.8 Å². The molecule has 0 fully saturated rings. The molecular weight excluding hydrogens is 394 g/mol.